The van der Waals surface area contributed by atoms with Crippen LogP contribution in [-0.2, 0) is 4.79 Å². The van der Waals surface area contributed by atoms with Crippen molar-refractivity contribution >= 4 is 58.0 Å². The van der Waals surface area contributed by atoms with Crippen LogP contribution in [0.5, 0.6) is 0 Å². The van der Waals surface area contributed by atoms with E-state index in [1.165, 1.54) is 0 Å². The van der Waals surface area contributed by atoms with Gasteiger partial charge in [-0.05, 0) is 55.8 Å². The number of halogens is 3. The lowest BCUT2D eigenvalue weighted by Crippen LogP contribution is -2.03. The molecule has 1 aliphatic rings. The highest BCUT2D eigenvalue weighted by Crippen LogP contribution is 2.37. The summed E-state index contributed by atoms with van der Waals surface area (Å²) < 4.78 is 2.04. The molecule has 1 aliphatic heterocycles. The number of nitrogens with one attached hydrogen (secondary N) is 1. The minimum atomic E-state index is -0.141. The molecule has 0 saturated carbocycles. The van der Waals surface area contributed by atoms with Gasteiger partial charge in [0, 0.05) is 27.5 Å². The summed E-state index contributed by atoms with van der Waals surface area (Å²) in [4.78, 5) is 12.5. The van der Waals surface area contributed by atoms with Crippen molar-refractivity contribution in [2.75, 3.05) is 5.32 Å². The summed E-state index contributed by atoms with van der Waals surface area (Å²) in [5.41, 5.74) is 5.90. The highest BCUT2D eigenvalue weighted by Gasteiger charge is 2.25. The second-order valence-corrected chi connectivity index (χ2v) is 7.66. The third-order valence-corrected chi connectivity index (χ3v) is 5.75. The van der Waals surface area contributed by atoms with Crippen molar-refractivity contribution in [2.24, 2.45) is 0 Å². The number of benzene rings is 2. The van der Waals surface area contributed by atoms with Crippen LogP contribution in [0.15, 0.2) is 42.5 Å². The van der Waals surface area contributed by atoms with Crippen LogP contribution in [0.2, 0.25) is 15.1 Å². The fourth-order valence-corrected chi connectivity index (χ4v) is 3.99. The van der Waals surface area contributed by atoms with Crippen LogP contribution in [0, 0.1) is 13.8 Å². The molecular formula is C21H15Cl3N2O. The molecule has 3 aromatic rings. The first kappa shape index (κ1) is 18.2. The van der Waals surface area contributed by atoms with Crippen molar-refractivity contribution < 1.29 is 4.79 Å². The van der Waals surface area contributed by atoms with E-state index in [2.05, 4.69) is 5.32 Å². The van der Waals surface area contributed by atoms with E-state index in [1.807, 2.05) is 48.8 Å². The normalized spacial score (nSPS) is 14.6. The Labute approximate surface area is 172 Å². The zero-order valence-electron chi connectivity index (χ0n) is 14.6. The van der Waals surface area contributed by atoms with Crippen LogP contribution in [-0.4, -0.2) is 10.5 Å². The number of amides is 1. The monoisotopic (exact) mass is 416 g/mol. The summed E-state index contributed by atoms with van der Waals surface area (Å²) in [5, 5.41) is 4.45. The van der Waals surface area contributed by atoms with Crippen molar-refractivity contribution in [3.05, 3.63) is 80.0 Å². The van der Waals surface area contributed by atoms with Crippen LogP contribution in [0.4, 0.5) is 5.69 Å². The summed E-state index contributed by atoms with van der Waals surface area (Å²) in [5.74, 6) is -0.141. The van der Waals surface area contributed by atoms with Gasteiger partial charge in [-0.3, -0.25) is 4.79 Å². The maximum absolute atomic E-state index is 12.5. The Kier molecular flexibility index (Phi) is 4.55. The molecule has 0 fully saturated rings. The molecule has 2 aromatic carbocycles. The lowest BCUT2D eigenvalue weighted by atomic mass is 10.0. The number of anilines is 1. The second kappa shape index (κ2) is 6.75. The average Bonchev–Trinajstić information content (AvgIpc) is 3.07. The van der Waals surface area contributed by atoms with E-state index >= 15 is 0 Å². The van der Waals surface area contributed by atoms with E-state index in [4.69, 9.17) is 34.8 Å². The van der Waals surface area contributed by atoms with Crippen molar-refractivity contribution in [2.45, 2.75) is 13.8 Å². The van der Waals surface area contributed by atoms with Gasteiger partial charge in [0.25, 0.3) is 5.91 Å². The number of aryl methyl sites for hydroxylation is 1. The minimum absolute atomic E-state index is 0.141. The Morgan fingerprint density at radius 3 is 2.59 bits per heavy atom. The number of hydrogen-bond acceptors (Lipinski definition) is 1. The molecule has 0 atom stereocenters. The molecule has 0 saturated heterocycles. The maximum atomic E-state index is 12.5. The third-order valence-electron chi connectivity index (χ3n) is 4.71. The SMILES string of the molecule is Cc1cc(/C=C2\C(=O)Nc3cc(Cl)ccc32)c(C)n1-c1cccc(Cl)c1Cl. The van der Waals surface area contributed by atoms with Gasteiger partial charge < -0.3 is 9.88 Å². The van der Waals surface area contributed by atoms with Gasteiger partial charge in [0.15, 0.2) is 0 Å². The molecule has 0 unspecified atom stereocenters. The van der Waals surface area contributed by atoms with Gasteiger partial charge in [0.05, 0.1) is 21.4 Å². The van der Waals surface area contributed by atoms with Crippen molar-refractivity contribution in [1.29, 1.82) is 0 Å². The van der Waals surface area contributed by atoms with Crippen LogP contribution < -0.4 is 5.32 Å². The van der Waals surface area contributed by atoms with Gasteiger partial charge in [0.1, 0.15) is 0 Å². The highest BCUT2D eigenvalue weighted by atomic mass is 35.5. The predicted octanol–water partition coefficient (Wildman–Crippen LogP) is 6.55. The van der Waals surface area contributed by atoms with Gasteiger partial charge in [-0.15, -0.1) is 0 Å². The number of hydrogen-bond donors (Lipinski definition) is 1. The van der Waals surface area contributed by atoms with Crippen LogP contribution >= 0.6 is 34.8 Å². The zero-order chi connectivity index (χ0) is 19.3. The maximum Gasteiger partial charge on any atom is 0.256 e. The van der Waals surface area contributed by atoms with E-state index in [0.29, 0.717) is 20.6 Å². The van der Waals surface area contributed by atoms with Crippen LogP contribution in [0.25, 0.3) is 17.3 Å². The van der Waals surface area contributed by atoms with Gasteiger partial charge in [-0.2, -0.15) is 0 Å². The Morgan fingerprint density at radius 1 is 1.04 bits per heavy atom. The summed E-state index contributed by atoms with van der Waals surface area (Å²) in [7, 11) is 0. The molecular weight excluding hydrogens is 403 g/mol. The van der Waals surface area contributed by atoms with E-state index in [9.17, 15) is 4.79 Å². The molecule has 0 aliphatic carbocycles. The minimum Gasteiger partial charge on any atom is -0.321 e. The summed E-state index contributed by atoms with van der Waals surface area (Å²) in [6.45, 7) is 3.99. The highest BCUT2D eigenvalue weighted by molar-refractivity contribution is 6.43. The van der Waals surface area contributed by atoms with Crippen molar-refractivity contribution in [3.63, 3.8) is 0 Å². The quantitative estimate of drug-likeness (QED) is 0.471. The lowest BCUT2D eigenvalue weighted by Gasteiger charge is -2.12. The van der Waals surface area contributed by atoms with Gasteiger partial charge in [-0.25, -0.2) is 0 Å². The molecule has 0 radical (unpaired) electrons. The molecule has 136 valence electrons. The first-order valence-electron chi connectivity index (χ1n) is 8.33. The van der Waals surface area contributed by atoms with Gasteiger partial charge >= 0.3 is 0 Å². The summed E-state index contributed by atoms with van der Waals surface area (Å²) in [6, 6.07) is 13.0. The number of fused-ring (bicyclic) bond motifs is 1. The molecule has 0 bridgehead atoms. The Balaban J connectivity index is 1.85. The van der Waals surface area contributed by atoms with Crippen LogP contribution in [0.1, 0.15) is 22.5 Å². The number of rotatable bonds is 2. The molecule has 1 aromatic heterocycles. The Hall–Kier alpha value is -2.20. The molecule has 0 spiro atoms. The Bertz CT molecular complexity index is 1130. The van der Waals surface area contributed by atoms with Crippen molar-refractivity contribution in [3.8, 4) is 5.69 Å². The first-order valence-corrected chi connectivity index (χ1v) is 9.46. The number of carbonyl (C=O) groups is 1. The predicted molar refractivity (Wildman–Crippen MR) is 113 cm³/mol. The fraction of sp³-hybridized carbons (Fsp3) is 0.0952. The number of nitrogens with zero attached hydrogens (tertiary/aromatic N) is 1. The molecule has 3 nitrogen and oxygen atoms in total. The third kappa shape index (κ3) is 3.06. The largest absolute Gasteiger partial charge is 0.321 e. The standard InChI is InChI=1S/C21H15Cl3N2O/c1-11-8-13(12(2)26(11)19-5-3-4-17(23)20(19)24)9-16-15-7-6-14(22)10-18(15)25-21(16)27/h3-10H,1-2H3,(H,25,27)/b16-9-. The smallest absolute Gasteiger partial charge is 0.256 e. The average molecular weight is 418 g/mol. The summed E-state index contributed by atoms with van der Waals surface area (Å²) in [6.07, 6.45) is 1.90. The fourth-order valence-electron chi connectivity index (χ4n) is 3.44. The van der Waals surface area contributed by atoms with E-state index in [-0.39, 0.29) is 5.91 Å². The molecule has 2 heterocycles. The topological polar surface area (TPSA) is 34.0 Å². The van der Waals surface area contributed by atoms with Crippen LogP contribution in [0.3, 0.4) is 0 Å². The van der Waals surface area contributed by atoms with Gasteiger partial charge in [0.2, 0.25) is 0 Å². The summed E-state index contributed by atoms with van der Waals surface area (Å²) >= 11 is 18.6. The molecule has 27 heavy (non-hydrogen) atoms. The number of carbonyl (C=O) groups excluding carboxylic acids is 1. The second-order valence-electron chi connectivity index (χ2n) is 6.44. The van der Waals surface area contributed by atoms with Crippen molar-refractivity contribution in [1.82, 2.24) is 4.57 Å². The molecule has 6 heteroatoms. The van der Waals surface area contributed by atoms with E-state index in [0.717, 1.165) is 33.9 Å². The first-order chi connectivity index (χ1) is 12.9. The lowest BCUT2D eigenvalue weighted by molar-refractivity contribution is -0.110. The molecule has 1 amide bonds. The molecule has 4 rings (SSSR count). The van der Waals surface area contributed by atoms with E-state index in [1.54, 1.807) is 18.2 Å². The molecule has 1 N–H and O–H groups in total. The number of aromatic nitrogens is 1. The van der Waals surface area contributed by atoms with Gasteiger partial charge in [-0.1, -0.05) is 46.9 Å². The Morgan fingerprint density at radius 2 is 1.81 bits per heavy atom. The van der Waals surface area contributed by atoms with E-state index < -0.39 is 0 Å². The zero-order valence-corrected chi connectivity index (χ0v) is 16.9.